The molecule has 0 fully saturated rings. The van der Waals surface area contributed by atoms with E-state index in [1.807, 2.05) is 38.4 Å². The third kappa shape index (κ3) is 5.00. The Morgan fingerprint density at radius 2 is 2.17 bits per heavy atom. The van der Waals surface area contributed by atoms with Crippen LogP contribution in [-0.2, 0) is 4.79 Å². The lowest BCUT2D eigenvalue weighted by Crippen LogP contribution is -2.33. The number of nitrogens with one attached hydrogen (secondary N) is 1. The molecule has 0 aliphatic heterocycles. The molecule has 0 saturated heterocycles. The highest BCUT2D eigenvalue weighted by Gasteiger charge is 2.15. The summed E-state index contributed by atoms with van der Waals surface area (Å²) < 4.78 is 10.4. The Hall–Kier alpha value is -2.53. The molecule has 1 N–H and O–H groups in total. The average Bonchev–Trinajstić information content (AvgIpc) is 3.06. The first-order chi connectivity index (χ1) is 11.1. The Labute approximate surface area is 136 Å². The van der Waals surface area contributed by atoms with Gasteiger partial charge in [0.1, 0.15) is 11.5 Å². The lowest BCUT2D eigenvalue weighted by atomic mass is 10.1. The zero-order valence-corrected chi connectivity index (χ0v) is 13.7. The second-order valence-electron chi connectivity index (χ2n) is 5.35. The van der Waals surface area contributed by atoms with Crippen molar-refractivity contribution in [3.8, 4) is 5.75 Å². The molecule has 5 nitrogen and oxygen atoms in total. The number of hydrogen-bond donors (Lipinski definition) is 1. The van der Waals surface area contributed by atoms with Crippen molar-refractivity contribution in [2.45, 2.75) is 6.04 Å². The second-order valence-corrected chi connectivity index (χ2v) is 5.35. The molecule has 0 unspecified atom stereocenters. The molecule has 0 bridgehead atoms. The van der Waals surface area contributed by atoms with Gasteiger partial charge in [0.2, 0.25) is 5.91 Å². The largest absolute Gasteiger partial charge is 0.497 e. The van der Waals surface area contributed by atoms with Crippen molar-refractivity contribution in [3.63, 3.8) is 0 Å². The molecule has 0 aliphatic carbocycles. The minimum atomic E-state index is -0.156. The van der Waals surface area contributed by atoms with Gasteiger partial charge in [-0.15, -0.1) is 0 Å². The van der Waals surface area contributed by atoms with E-state index in [4.69, 9.17) is 9.15 Å². The smallest absolute Gasteiger partial charge is 0.244 e. The summed E-state index contributed by atoms with van der Waals surface area (Å²) in [6.45, 7) is 0.501. The summed E-state index contributed by atoms with van der Waals surface area (Å²) in [6.07, 6.45) is 4.69. The molecule has 5 heteroatoms. The molecule has 1 aromatic heterocycles. The summed E-state index contributed by atoms with van der Waals surface area (Å²) in [5.74, 6) is 1.30. The van der Waals surface area contributed by atoms with Crippen LogP contribution in [0.3, 0.4) is 0 Å². The predicted molar refractivity (Wildman–Crippen MR) is 90.2 cm³/mol. The summed E-state index contributed by atoms with van der Waals surface area (Å²) in [7, 11) is 5.61. The maximum atomic E-state index is 11.9. The Morgan fingerprint density at radius 3 is 2.83 bits per heavy atom. The van der Waals surface area contributed by atoms with Gasteiger partial charge in [0.25, 0.3) is 0 Å². The number of hydrogen-bond acceptors (Lipinski definition) is 4. The SMILES string of the molecule is COc1cccc([C@@H](CNC(=O)/C=C/c2ccco2)N(C)C)c1. The molecule has 1 amide bonds. The average molecular weight is 314 g/mol. The van der Waals surface area contributed by atoms with Crippen molar-refractivity contribution in [1.29, 1.82) is 0 Å². The van der Waals surface area contributed by atoms with Crippen molar-refractivity contribution >= 4 is 12.0 Å². The van der Waals surface area contributed by atoms with E-state index in [0.717, 1.165) is 11.3 Å². The summed E-state index contributed by atoms with van der Waals surface area (Å²) in [6, 6.07) is 11.5. The molecule has 1 heterocycles. The van der Waals surface area contributed by atoms with Crippen LogP contribution in [0, 0.1) is 0 Å². The fourth-order valence-corrected chi connectivity index (χ4v) is 2.25. The maximum absolute atomic E-state index is 11.9. The number of ether oxygens (including phenoxy) is 1. The number of benzene rings is 1. The van der Waals surface area contributed by atoms with Crippen LogP contribution in [-0.4, -0.2) is 38.6 Å². The lowest BCUT2D eigenvalue weighted by molar-refractivity contribution is -0.116. The molecular weight excluding hydrogens is 292 g/mol. The molecule has 1 aromatic carbocycles. The number of nitrogens with zero attached hydrogens (tertiary/aromatic N) is 1. The third-order valence-corrected chi connectivity index (χ3v) is 3.51. The lowest BCUT2D eigenvalue weighted by Gasteiger charge is -2.25. The van der Waals surface area contributed by atoms with Gasteiger partial charge < -0.3 is 19.4 Å². The van der Waals surface area contributed by atoms with Gasteiger partial charge in [0.05, 0.1) is 19.4 Å². The van der Waals surface area contributed by atoms with Gasteiger partial charge in [-0.25, -0.2) is 0 Å². The van der Waals surface area contributed by atoms with E-state index in [1.165, 1.54) is 6.08 Å². The van der Waals surface area contributed by atoms with E-state index in [2.05, 4.69) is 10.2 Å². The van der Waals surface area contributed by atoms with Crippen molar-refractivity contribution in [1.82, 2.24) is 10.2 Å². The molecule has 0 aliphatic rings. The van der Waals surface area contributed by atoms with Crippen LogP contribution in [0.4, 0.5) is 0 Å². The number of likely N-dealkylation sites (N-methyl/N-ethyl adjacent to an activating group) is 1. The van der Waals surface area contributed by atoms with Crippen LogP contribution in [0.25, 0.3) is 6.08 Å². The minimum absolute atomic E-state index is 0.0612. The number of carbonyl (C=O) groups excluding carboxylic acids is 1. The molecule has 0 saturated carbocycles. The summed E-state index contributed by atoms with van der Waals surface area (Å²) in [4.78, 5) is 14.0. The van der Waals surface area contributed by atoms with Gasteiger partial charge in [0, 0.05) is 12.6 Å². The highest BCUT2D eigenvalue weighted by atomic mass is 16.5. The Bertz CT molecular complexity index is 648. The molecule has 122 valence electrons. The van der Waals surface area contributed by atoms with Gasteiger partial charge >= 0.3 is 0 Å². The number of furan rings is 1. The molecule has 0 radical (unpaired) electrons. The fraction of sp³-hybridized carbons (Fsp3) is 0.278. The van der Waals surface area contributed by atoms with Gasteiger partial charge in [-0.3, -0.25) is 4.79 Å². The Balaban J connectivity index is 1.98. The van der Waals surface area contributed by atoms with Crippen molar-refractivity contribution < 1.29 is 13.9 Å². The normalized spacial score (nSPS) is 12.5. The number of methoxy groups -OCH3 is 1. The van der Waals surface area contributed by atoms with Crippen LogP contribution in [0.5, 0.6) is 5.75 Å². The quantitative estimate of drug-likeness (QED) is 0.798. The van der Waals surface area contributed by atoms with Crippen LogP contribution in [0.1, 0.15) is 17.4 Å². The Morgan fingerprint density at radius 1 is 1.35 bits per heavy atom. The van der Waals surface area contributed by atoms with E-state index in [1.54, 1.807) is 31.6 Å². The highest BCUT2D eigenvalue weighted by molar-refractivity contribution is 5.91. The van der Waals surface area contributed by atoms with Gasteiger partial charge in [-0.2, -0.15) is 0 Å². The molecular formula is C18H22N2O3. The van der Waals surface area contributed by atoms with Gasteiger partial charge in [-0.05, 0) is 50.0 Å². The van der Waals surface area contributed by atoms with Crippen molar-refractivity contribution in [2.24, 2.45) is 0 Å². The Kier molecular flexibility index (Phi) is 6.00. The fourth-order valence-electron chi connectivity index (χ4n) is 2.25. The van der Waals surface area contributed by atoms with Gasteiger partial charge in [-0.1, -0.05) is 12.1 Å². The van der Waals surface area contributed by atoms with Gasteiger partial charge in [0.15, 0.2) is 0 Å². The minimum Gasteiger partial charge on any atom is -0.497 e. The maximum Gasteiger partial charge on any atom is 0.244 e. The first-order valence-electron chi connectivity index (χ1n) is 7.40. The standard InChI is InChI=1S/C18H22N2O3/c1-20(2)17(14-6-4-7-16(12-14)22-3)13-19-18(21)10-9-15-8-5-11-23-15/h4-12,17H,13H2,1-3H3,(H,19,21)/b10-9+/t17-/m1/s1. The predicted octanol–water partition coefficient (Wildman–Crippen LogP) is 2.72. The summed E-state index contributed by atoms with van der Waals surface area (Å²) in [5, 5.41) is 2.91. The zero-order chi connectivity index (χ0) is 16.7. The first kappa shape index (κ1) is 16.8. The topological polar surface area (TPSA) is 54.7 Å². The van der Waals surface area contributed by atoms with Crippen LogP contribution in [0.2, 0.25) is 0 Å². The molecule has 23 heavy (non-hydrogen) atoms. The molecule has 2 rings (SSSR count). The van der Waals surface area contributed by atoms with E-state index < -0.39 is 0 Å². The first-order valence-corrected chi connectivity index (χ1v) is 7.40. The second kappa shape index (κ2) is 8.19. The summed E-state index contributed by atoms with van der Waals surface area (Å²) >= 11 is 0. The highest BCUT2D eigenvalue weighted by Crippen LogP contribution is 2.22. The number of amides is 1. The molecule has 2 aromatic rings. The van der Waals surface area contributed by atoms with E-state index >= 15 is 0 Å². The zero-order valence-electron chi connectivity index (χ0n) is 13.7. The van der Waals surface area contributed by atoms with Crippen LogP contribution < -0.4 is 10.1 Å². The van der Waals surface area contributed by atoms with Crippen molar-refractivity contribution in [2.75, 3.05) is 27.7 Å². The summed E-state index contributed by atoms with van der Waals surface area (Å²) in [5.41, 5.74) is 1.09. The number of rotatable bonds is 7. The molecule has 0 spiro atoms. The number of carbonyl (C=O) groups is 1. The third-order valence-electron chi connectivity index (χ3n) is 3.51. The van der Waals surface area contributed by atoms with E-state index in [9.17, 15) is 4.79 Å². The monoisotopic (exact) mass is 314 g/mol. The molecule has 1 atom stereocenters. The van der Waals surface area contributed by atoms with Crippen molar-refractivity contribution in [3.05, 3.63) is 60.1 Å². The van der Waals surface area contributed by atoms with Crippen LogP contribution >= 0.6 is 0 Å². The van der Waals surface area contributed by atoms with Crippen LogP contribution in [0.15, 0.2) is 53.2 Å². The van der Waals surface area contributed by atoms with E-state index in [0.29, 0.717) is 12.3 Å². The van der Waals surface area contributed by atoms with E-state index in [-0.39, 0.29) is 11.9 Å².